The summed E-state index contributed by atoms with van der Waals surface area (Å²) in [7, 11) is 0. The van der Waals surface area contributed by atoms with Crippen molar-refractivity contribution < 1.29 is 0 Å². The summed E-state index contributed by atoms with van der Waals surface area (Å²) >= 11 is 0. The number of hydrogen-bond acceptors (Lipinski definition) is 4. The molecule has 76 valence electrons. The van der Waals surface area contributed by atoms with Crippen molar-refractivity contribution in [3.05, 3.63) is 12.3 Å². The van der Waals surface area contributed by atoms with Crippen LogP contribution in [0, 0.1) is 0 Å². The molecule has 0 bridgehead atoms. The van der Waals surface area contributed by atoms with E-state index < -0.39 is 0 Å². The molecule has 4 nitrogen and oxygen atoms in total. The lowest BCUT2D eigenvalue weighted by atomic mass is 10.4. The first-order valence-corrected chi connectivity index (χ1v) is 5.16. The number of rotatable bonds is 4. The highest BCUT2D eigenvalue weighted by Gasteiger charge is 2.29. The molecular weight excluding hydrogens is 176 g/mol. The Morgan fingerprint density at radius 2 is 2.36 bits per heavy atom. The minimum Gasteiger partial charge on any atom is -0.368 e. The molecule has 1 aromatic heterocycles. The molecular formula is C10H16N4. The average molecular weight is 192 g/mol. The topological polar surface area (TPSA) is 55.0 Å². The van der Waals surface area contributed by atoms with E-state index in [1.807, 2.05) is 6.07 Å². The maximum atomic E-state index is 5.56. The molecule has 0 saturated heterocycles. The molecule has 2 N–H and O–H groups in total. The summed E-state index contributed by atoms with van der Waals surface area (Å²) in [5.74, 6) is 1.34. The van der Waals surface area contributed by atoms with Gasteiger partial charge in [-0.25, -0.2) is 4.98 Å². The van der Waals surface area contributed by atoms with Crippen molar-refractivity contribution in [2.75, 3.05) is 17.2 Å². The zero-order valence-corrected chi connectivity index (χ0v) is 8.48. The third kappa shape index (κ3) is 1.95. The Hall–Kier alpha value is -1.32. The monoisotopic (exact) mass is 192 g/mol. The molecule has 0 unspecified atom stereocenters. The maximum Gasteiger partial charge on any atom is 0.221 e. The third-order valence-corrected chi connectivity index (χ3v) is 2.41. The molecule has 1 aromatic rings. The number of nitrogens with zero attached hydrogens (tertiary/aromatic N) is 3. The van der Waals surface area contributed by atoms with Gasteiger partial charge in [-0.3, -0.25) is 0 Å². The van der Waals surface area contributed by atoms with Gasteiger partial charge in [-0.2, -0.15) is 4.98 Å². The lowest BCUT2D eigenvalue weighted by molar-refractivity contribution is 0.749. The third-order valence-electron chi connectivity index (χ3n) is 2.41. The summed E-state index contributed by atoms with van der Waals surface area (Å²) in [6, 6.07) is 2.62. The molecule has 1 aliphatic rings. The highest BCUT2D eigenvalue weighted by atomic mass is 15.2. The fourth-order valence-corrected chi connectivity index (χ4v) is 1.64. The van der Waals surface area contributed by atoms with Crippen LogP contribution in [0.15, 0.2) is 12.3 Å². The van der Waals surface area contributed by atoms with Crippen LogP contribution in [0.5, 0.6) is 0 Å². The number of nitrogen functional groups attached to an aromatic ring is 1. The van der Waals surface area contributed by atoms with E-state index in [0.717, 1.165) is 18.8 Å². The molecule has 1 heterocycles. The molecule has 2 rings (SSSR count). The van der Waals surface area contributed by atoms with Crippen molar-refractivity contribution in [1.29, 1.82) is 0 Å². The van der Waals surface area contributed by atoms with Crippen molar-refractivity contribution in [2.24, 2.45) is 0 Å². The van der Waals surface area contributed by atoms with E-state index in [0.29, 0.717) is 12.0 Å². The summed E-state index contributed by atoms with van der Waals surface area (Å²) < 4.78 is 0. The van der Waals surface area contributed by atoms with Gasteiger partial charge in [0.25, 0.3) is 0 Å². The Bertz CT molecular complexity index is 309. The van der Waals surface area contributed by atoms with Crippen molar-refractivity contribution in [3.8, 4) is 0 Å². The van der Waals surface area contributed by atoms with Crippen molar-refractivity contribution in [1.82, 2.24) is 9.97 Å². The van der Waals surface area contributed by atoms with Gasteiger partial charge in [-0.05, 0) is 25.3 Å². The predicted molar refractivity (Wildman–Crippen MR) is 57.1 cm³/mol. The van der Waals surface area contributed by atoms with Gasteiger partial charge in [0, 0.05) is 18.8 Å². The molecule has 14 heavy (non-hydrogen) atoms. The molecule has 1 fully saturated rings. The lowest BCUT2D eigenvalue weighted by Crippen LogP contribution is -2.27. The summed E-state index contributed by atoms with van der Waals surface area (Å²) in [5, 5.41) is 0. The van der Waals surface area contributed by atoms with E-state index in [4.69, 9.17) is 5.73 Å². The second-order valence-corrected chi connectivity index (χ2v) is 3.70. The molecule has 4 heteroatoms. The van der Waals surface area contributed by atoms with E-state index in [9.17, 15) is 0 Å². The molecule has 0 aromatic carbocycles. The standard InChI is InChI=1S/C10H16N4/c1-2-7-14(8-3-4-8)9-5-6-12-10(11)13-9/h5-6,8H,2-4,7H2,1H3,(H2,11,12,13). The molecule has 0 spiro atoms. The first-order valence-electron chi connectivity index (χ1n) is 5.16. The van der Waals surface area contributed by atoms with Crippen LogP contribution in [0.1, 0.15) is 26.2 Å². The Kier molecular flexibility index (Phi) is 2.52. The van der Waals surface area contributed by atoms with Crippen LogP contribution >= 0.6 is 0 Å². The van der Waals surface area contributed by atoms with Crippen molar-refractivity contribution in [3.63, 3.8) is 0 Å². The fourth-order valence-electron chi connectivity index (χ4n) is 1.64. The zero-order valence-electron chi connectivity index (χ0n) is 8.48. The van der Waals surface area contributed by atoms with Gasteiger partial charge >= 0.3 is 0 Å². The van der Waals surface area contributed by atoms with Gasteiger partial charge in [-0.15, -0.1) is 0 Å². The van der Waals surface area contributed by atoms with E-state index in [-0.39, 0.29) is 0 Å². The minimum absolute atomic E-state index is 0.365. The number of anilines is 2. The minimum atomic E-state index is 0.365. The smallest absolute Gasteiger partial charge is 0.221 e. The van der Waals surface area contributed by atoms with E-state index in [1.54, 1.807) is 6.20 Å². The van der Waals surface area contributed by atoms with E-state index in [1.165, 1.54) is 12.8 Å². The molecule has 1 aliphatic carbocycles. The number of aromatic nitrogens is 2. The Morgan fingerprint density at radius 3 is 2.93 bits per heavy atom. The van der Waals surface area contributed by atoms with Crippen LogP contribution in [0.3, 0.4) is 0 Å². The SMILES string of the molecule is CCCN(c1ccnc(N)n1)C1CC1. The van der Waals surface area contributed by atoms with Crippen LogP contribution in [-0.2, 0) is 0 Å². The van der Waals surface area contributed by atoms with Gasteiger partial charge in [0.15, 0.2) is 0 Å². The molecule has 1 saturated carbocycles. The molecule has 0 amide bonds. The predicted octanol–water partition coefficient (Wildman–Crippen LogP) is 1.44. The number of nitrogens with two attached hydrogens (primary N) is 1. The van der Waals surface area contributed by atoms with Crippen LogP contribution in [0.25, 0.3) is 0 Å². The van der Waals surface area contributed by atoms with Crippen LogP contribution < -0.4 is 10.6 Å². The van der Waals surface area contributed by atoms with Gasteiger partial charge < -0.3 is 10.6 Å². The molecule has 0 radical (unpaired) electrons. The van der Waals surface area contributed by atoms with E-state index in [2.05, 4.69) is 21.8 Å². The van der Waals surface area contributed by atoms with Gasteiger partial charge in [0.1, 0.15) is 5.82 Å². The summed E-state index contributed by atoms with van der Waals surface area (Å²) in [6.07, 6.45) is 5.43. The van der Waals surface area contributed by atoms with Crippen LogP contribution in [0.2, 0.25) is 0 Å². The largest absolute Gasteiger partial charge is 0.368 e. The normalized spacial score (nSPS) is 15.5. The van der Waals surface area contributed by atoms with Gasteiger partial charge in [0.2, 0.25) is 5.95 Å². The fraction of sp³-hybridized carbons (Fsp3) is 0.600. The highest BCUT2D eigenvalue weighted by molar-refractivity contribution is 5.43. The highest BCUT2D eigenvalue weighted by Crippen LogP contribution is 2.30. The Balaban J connectivity index is 2.16. The summed E-state index contributed by atoms with van der Waals surface area (Å²) in [6.45, 7) is 3.24. The first-order chi connectivity index (χ1) is 6.81. The Morgan fingerprint density at radius 1 is 1.57 bits per heavy atom. The van der Waals surface area contributed by atoms with Crippen molar-refractivity contribution in [2.45, 2.75) is 32.2 Å². The molecule has 0 aliphatic heterocycles. The Labute approximate surface area is 84.2 Å². The number of hydrogen-bond donors (Lipinski definition) is 1. The quantitative estimate of drug-likeness (QED) is 0.784. The van der Waals surface area contributed by atoms with Crippen molar-refractivity contribution >= 4 is 11.8 Å². The zero-order chi connectivity index (χ0) is 9.97. The van der Waals surface area contributed by atoms with Crippen LogP contribution in [0.4, 0.5) is 11.8 Å². The van der Waals surface area contributed by atoms with Gasteiger partial charge in [0.05, 0.1) is 0 Å². The van der Waals surface area contributed by atoms with E-state index >= 15 is 0 Å². The molecule has 0 atom stereocenters. The second-order valence-electron chi connectivity index (χ2n) is 3.70. The van der Waals surface area contributed by atoms with Gasteiger partial charge in [-0.1, -0.05) is 6.92 Å². The first kappa shape index (κ1) is 9.24. The average Bonchev–Trinajstić information content (AvgIpc) is 2.97. The maximum absolute atomic E-state index is 5.56. The second kappa shape index (κ2) is 3.82. The van der Waals surface area contributed by atoms with Crippen LogP contribution in [-0.4, -0.2) is 22.6 Å². The summed E-state index contributed by atoms with van der Waals surface area (Å²) in [4.78, 5) is 10.5. The summed E-state index contributed by atoms with van der Waals surface area (Å²) in [5.41, 5.74) is 5.56. The lowest BCUT2D eigenvalue weighted by Gasteiger charge is -2.22.